The lowest BCUT2D eigenvalue weighted by Gasteiger charge is -2.26. The quantitative estimate of drug-likeness (QED) is 0.616. The van der Waals surface area contributed by atoms with Gasteiger partial charge in [-0.3, -0.25) is 9.48 Å². The van der Waals surface area contributed by atoms with Crippen LogP contribution in [0.25, 0.3) is 0 Å². The minimum absolute atomic E-state index is 0.0193. The van der Waals surface area contributed by atoms with Crippen LogP contribution in [0, 0.1) is 0 Å². The number of nitrogens with one attached hydrogen (secondary N) is 1. The van der Waals surface area contributed by atoms with Gasteiger partial charge in [0.2, 0.25) is 5.91 Å². The minimum Gasteiger partial charge on any atom is -0.486 e. The molecule has 0 bridgehead atoms. The molecule has 3 aromatic rings. The van der Waals surface area contributed by atoms with E-state index < -0.39 is 0 Å². The van der Waals surface area contributed by atoms with Crippen LogP contribution in [0.1, 0.15) is 6.42 Å². The molecule has 7 heteroatoms. The molecule has 4 rings (SSSR count). The Labute approximate surface area is 167 Å². The van der Waals surface area contributed by atoms with E-state index in [0.717, 1.165) is 17.3 Å². The number of hydrogen-bond donors (Lipinski definition) is 1. The first-order valence-corrected chi connectivity index (χ1v) is 10.1. The Morgan fingerprint density at radius 1 is 1.14 bits per heavy atom. The van der Waals surface area contributed by atoms with Crippen molar-refractivity contribution in [3.8, 4) is 11.5 Å². The Bertz CT molecular complexity index is 929. The third kappa shape index (κ3) is 4.86. The molecular weight excluding hydrogens is 374 g/mol. The number of carbonyl (C=O) groups is 1. The average molecular weight is 395 g/mol. The van der Waals surface area contributed by atoms with E-state index in [1.165, 1.54) is 4.90 Å². The van der Waals surface area contributed by atoms with E-state index in [0.29, 0.717) is 25.3 Å². The number of rotatable bonds is 7. The van der Waals surface area contributed by atoms with E-state index in [9.17, 15) is 4.79 Å². The Morgan fingerprint density at radius 2 is 1.93 bits per heavy atom. The van der Waals surface area contributed by atoms with Crippen molar-refractivity contribution in [1.29, 1.82) is 0 Å². The van der Waals surface area contributed by atoms with Gasteiger partial charge in [0.05, 0.1) is 18.4 Å². The van der Waals surface area contributed by atoms with Crippen molar-refractivity contribution >= 4 is 23.4 Å². The Kier molecular flexibility index (Phi) is 5.82. The summed E-state index contributed by atoms with van der Waals surface area (Å²) in [5.74, 6) is 2.22. The van der Waals surface area contributed by atoms with E-state index in [4.69, 9.17) is 9.47 Å². The topological polar surface area (TPSA) is 65.4 Å². The largest absolute Gasteiger partial charge is 0.486 e. The monoisotopic (exact) mass is 395 g/mol. The van der Waals surface area contributed by atoms with Crippen molar-refractivity contribution in [3.63, 3.8) is 0 Å². The molecule has 144 valence electrons. The van der Waals surface area contributed by atoms with E-state index in [1.807, 2.05) is 60.8 Å². The van der Waals surface area contributed by atoms with Gasteiger partial charge in [-0.05, 0) is 24.3 Å². The van der Waals surface area contributed by atoms with E-state index >= 15 is 0 Å². The van der Waals surface area contributed by atoms with Gasteiger partial charge in [-0.2, -0.15) is 5.10 Å². The molecule has 0 radical (unpaired) electrons. The second kappa shape index (κ2) is 8.84. The van der Waals surface area contributed by atoms with Crippen LogP contribution in [-0.2, 0) is 11.3 Å². The van der Waals surface area contributed by atoms with Crippen molar-refractivity contribution in [2.45, 2.75) is 24.0 Å². The summed E-state index contributed by atoms with van der Waals surface area (Å²) < 4.78 is 13.4. The molecule has 2 heterocycles. The van der Waals surface area contributed by atoms with Gasteiger partial charge in [0, 0.05) is 23.3 Å². The Morgan fingerprint density at radius 3 is 2.79 bits per heavy atom. The fourth-order valence-electron chi connectivity index (χ4n) is 2.89. The van der Waals surface area contributed by atoms with E-state index in [1.54, 1.807) is 22.6 Å². The zero-order chi connectivity index (χ0) is 19.2. The molecule has 1 amide bonds. The number of thioether (sulfide) groups is 1. The number of ether oxygens (including phenoxy) is 2. The van der Waals surface area contributed by atoms with Gasteiger partial charge in [0.15, 0.2) is 17.6 Å². The molecule has 1 aliphatic heterocycles. The van der Waals surface area contributed by atoms with Crippen LogP contribution in [0.4, 0.5) is 5.69 Å². The highest BCUT2D eigenvalue weighted by Crippen LogP contribution is 2.31. The summed E-state index contributed by atoms with van der Waals surface area (Å²) in [4.78, 5) is 13.3. The number of hydrogen-bond acceptors (Lipinski definition) is 5. The molecule has 0 fully saturated rings. The lowest BCUT2D eigenvalue weighted by molar-refractivity contribution is -0.115. The van der Waals surface area contributed by atoms with Crippen molar-refractivity contribution in [3.05, 3.63) is 67.0 Å². The third-order valence-corrected chi connectivity index (χ3v) is 5.23. The van der Waals surface area contributed by atoms with Gasteiger partial charge in [-0.25, -0.2) is 0 Å². The fraction of sp³-hybridized carbons (Fsp3) is 0.238. The first kappa shape index (κ1) is 18.4. The number of amides is 1. The summed E-state index contributed by atoms with van der Waals surface area (Å²) in [5, 5.41) is 7.20. The smallest absolute Gasteiger partial charge is 0.225 e. The van der Waals surface area contributed by atoms with Gasteiger partial charge < -0.3 is 14.8 Å². The van der Waals surface area contributed by atoms with Crippen LogP contribution in [0.2, 0.25) is 0 Å². The zero-order valence-electron chi connectivity index (χ0n) is 15.3. The molecule has 1 aliphatic rings. The molecule has 1 N–H and O–H groups in total. The fourth-order valence-corrected chi connectivity index (χ4v) is 3.76. The van der Waals surface area contributed by atoms with Crippen molar-refractivity contribution in [2.24, 2.45) is 0 Å². The molecule has 28 heavy (non-hydrogen) atoms. The molecule has 1 unspecified atom stereocenters. The molecule has 1 atom stereocenters. The van der Waals surface area contributed by atoms with E-state index in [-0.39, 0.29) is 12.0 Å². The molecular formula is C21H21N3O3S. The molecule has 2 aromatic carbocycles. The predicted molar refractivity (Wildman–Crippen MR) is 109 cm³/mol. The first-order valence-electron chi connectivity index (χ1n) is 9.15. The van der Waals surface area contributed by atoms with Crippen LogP contribution in [0.15, 0.2) is 71.9 Å². The number of anilines is 1. The highest BCUT2D eigenvalue weighted by molar-refractivity contribution is 7.99. The van der Waals surface area contributed by atoms with Gasteiger partial charge in [0.1, 0.15) is 6.61 Å². The SMILES string of the molecule is O=C(CCSc1ccccc1)Nc1cnn(CC2COc3ccccc3O2)c1. The van der Waals surface area contributed by atoms with Gasteiger partial charge in [0.25, 0.3) is 0 Å². The van der Waals surface area contributed by atoms with Gasteiger partial charge >= 0.3 is 0 Å². The highest BCUT2D eigenvalue weighted by Gasteiger charge is 2.21. The molecule has 6 nitrogen and oxygen atoms in total. The molecule has 0 saturated carbocycles. The number of benzene rings is 2. The molecule has 0 aliphatic carbocycles. The molecule has 0 saturated heterocycles. The maximum atomic E-state index is 12.1. The normalized spacial score (nSPS) is 15.2. The maximum absolute atomic E-state index is 12.1. The van der Waals surface area contributed by atoms with Gasteiger partial charge in [-0.1, -0.05) is 30.3 Å². The standard InChI is InChI=1S/C21H21N3O3S/c25-21(10-11-28-18-6-2-1-3-7-18)23-16-12-22-24(13-16)14-17-15-26-19-8-4-5-9-20(19)27-17/h1-9,12-13,17H,10-11,14-15H2,(H,23,25). The summed E-state index contributed by atoms with van der Waals surface area (Å²) in [6, 6.07) is 17.7. The van der Waals surface area contributed by atoms with Crippen molar-refractivity contribution in [1.82, 2.24) is 9.78 Å². The summed E-state index contributed by atoms with van der Waals surface area (Å²) in [7, 11) is 0. The molecule has 0 spiro atoms. The maximum Gasteiger partial charge on any atom is 0.225 e. The predicted octanol–water partition coefficient (Wildman–Crippen LogP) is 3.84. The highest BCUT2D eigenvalue weighted by atomic mass is 32.2. The van der Waals surface area contributed by atoms with Crippen LogP contribution in [0.5, 0.6) is 11.5 Å². The Balaban J connectivity index is 1.23. The van der Waals surface area contributed by atoms with Crippen LogP contribution >= 0.6 is 11.8 Å². The summed E-state index contributed by atoms with van der Waals surface area (Å²) in [5.41, 5.74) is 0.687. The Hall–Kier alpha value is -2.93. The second-order valence-electron chi connectivity index (χ2n) is 6.41. The first-order chi connectivity index (χ1) is 13.8. The summed E-state index contributed by atoms with van der Waals surface area (Å²) >= 11 is 1.67. The number of nitrogens with zero attached hydrogens (tertiary/aromatic N) is 2. The summed E-state index contributed by atoms with van der Waals surface area (Å²) in [6.07, 6.45) is 3.79. The number of para-hydroxylation sites is 2. The van der Waals surface area contributed by atoms with Crippen LogP contribution in [-0.4, -0.2) is 34.2 Å². The zero-order valence-corrected chi connectivity index (χ0v) is 16.1. The molecule has 1 aromatic heterocycles. The lowest BCUT2D eigenvalue weighted by atomic mass is 10.2. The number of aromatic nitrogens is 2. The van der Waals surface area contributed by atoms with E-state index in [2.05, 4.69) is 10.4 Å². The third-order valence-electron chi connectivity index (χ3n) is 4.22. The van der Waals surface area contributed by atoms with Gasteiger partial charge in [-0.15, -0.1) is 11.8 Å². The number of fused-ring (bicyclic) bond motifs is 1. The van der Waals surface area contributed by atoms with Crippen LogP contribution < -0.4 is 14.8 Å². The van der Waals surface area contributed by atoms with Crippen molar-refractivity contribution < 1.29 is 14.3 Å². The number of carbonyl (C=O) groups excluding carboxylic acids is 1. The minimum atomic E-state index is -0.124. The lowest BCUT2D eigenvalue weighted by Crippen LogP contribution is -2.33. The van der Waals surface area contributed by atoms with Crippen molar-refractivity contribution in [2.75, 3.05) is 17.7 Å². The van der Waals surface area contributed by atoms with Crippen LogP contribution in [0.3, 0.4) is 0 Å². The average Bonchev–Trinajstić information content (AvgIpc) is 3.15. The summed E-state index contributed by atoms with van der Waals surface area (Å²) in [6.45, 7) is 1.02. The second-order valence-corrected chi connectivity index (χ2v) is 7.58.